The van der Waals surface area contributed by atoms with Crippen molar-refractivity contribution in [1.29, 1.82) is 0 Å². The molecule has 0 radical (unpaired) electrons. The van der Waals surface area contributed by atoms with Gasteiger partial charge in [-0.05, 0) is 34.8 Å². The summed E-state index contributed by atoms with van der Waals surface area (Å²) in [5.74, 6) is -0.346. The zero-order valence-corrected chi connectivity index (χ0v) is 12.1. The summed E-state index contributed by atoms with van der Waals surface area (Å²) in [5.41, 5.74) is 0.459. The molecule has 1 N–H and O–H groups in total. The van der Waals surface area contributed by atoms with E-state index >= 15 is 0 Å². The van der Waals surface area contributed by atoms with Gasteiger partial charge in [-0.3, -0.25) is 4.79 Å². The minimum Gasteiger partial charge on any atom is -0.351 e. The van der Waals surface area contributed by atoms with Crippen LogP contribution in [0.3, 0.4) is 0 Å². The van der Waals surface area contributed by atoms with Crippen molar-refractivity contribution in [3.05, 3.63) is 22.4 Å². The van der Waals surface area contributed by atoms with Gasteiger partial charge in [-0.2, -0.15) is 13.2 Å². The fraction of sp³-hybridized carbons (Fsp3) is 0.583. The van der Waals surface area contributed by atoms with Crippen LogP contribution in [0.15, 0.2) is 16.7 Å². The van der Waals surface area contributed by atoms with Crippen LogP contribution in [0.1, 0.15) is 36.7 Å². The Balaban J connectivity index is 2.49. The fourth-order valence-electron chi connectivity index (χ4n) is 1.67. The molecule has 0 saturated carbocycles. The van der Waals surface area contributed by atoms with Crippen molar-refractivity contribution in [2.45, 2.75) is 38.9 Å². The van der Waals surface area contributed by atoms with E-state index in [9.17, 15) is 18.0 Å². The molecule has 0 aromatic carbocycles. The predicted octanol–water partition coefficient (Wildman–Crippen LogP) is 3.73. The second-order valence-electron chi connectivity index (χ2n) is 4.21. The van der Waals surface area contributed by atoms with E-state index in [1.165, 1.54) is 0 Å². The first-order chi connectivity index (χ1) is 8.83. The number of rotatable bonds is 6. The van der Waals surface area contributed by atoms with Crippen LogP contribution in [0, 0.1) is 0 Å². The standard InChI is InChI=1S/C12H16BrF3N2O/c1-2-6-18-8-9(13)7-10(18)11(19)17-5-3-4-12(14,15)16/h7-8H,2-6H2,1H3,(H,17,19). The van der Waals surface area contributed by atoms with Crippen molar-refractivity contribution >= 4 is 21.8 Å². The van der Waals surface area contributed by atoms with Gasteiger partial charge in [-0.1, -0.05) is 6.92 Å². The number of alkyl halides is 3. The van der Waals surface area contributed by atoms with Gasteiger partial charge in [0.2, 0.25) is 0 Å². The second kappa shape index (κ2) is 6.98. The third-order valence-corrected chi connectivity index (χ3v) is 2.92. The first-order valence-electron chi connectivity index (χ1n) is 6.04. The molecule has 1 aromatic rings. The summed E-state index contributed by atoms with van der Waals surface area (Å²) in [5, 5.41) is 2.50. The van der Waals surface area contributed by atoms with Gasteiger partial charge in [0.05, 0.1) is 0 Å². The highest BCUT2D eigenvalue weighted by molar-refractivity contribution is 9.10. The number of nitrogens with one attached hydrogen (secondary N) is 1. The highest BCUT2D eigenvalue weighted by Gasteiger charge is 2.26. The van der Waals surface area contributed by atoms with Crippen LogP contribution in [0.4, 0.5) is 13.2 Å². The lowest BCUT2D eigenvalue weighted by atomic mass is 10.3. The average Bonchev–Trinajstić information content (AvgIpc) is 2.65. The summed E-state index contributed by atoms with van der Waals surface area (Å²) in [6.45, 7) is 2.70. The summed E-state index contributed by atoms with van der Waals surface area (Å²) in [6, 6.07) is 1.66. The lowest BCUT2D eigenvalue weighted by molar-refractivity contribution is -0.135. The summed E-state index contributed by atoms with van der Waals surface area (Å²) in [6.07, 6.45) is -2.50. The molecule has 0 spiro atoms. The maximum absolute atomic E-state index is 11.9. The van der Waals surface area contributed by atoms with E-state index in [0.29, 0.717) is 12.2 Å². The summed E-state index contributed by atoms with van der Waals surface area (Å²) in [7, 11) is 0. The van der Waals surface area contributed by atoms with Crippen molar-refractivity contribution in [3.63, 3.8) is 0 Å². The number of halogens is 4. The summed E-state index contributed by atoms with van der Waals surface area (Å²) < 4.78 is 38.4. The van der Waals surface area contributed by atoms with E-state index in [0.717, 1.165) is 10.9 Å². The molecule has 1 heterocycles. The van der Waals surface area contributed by atoms with Crippen LogP contribution in [0.25, 0.3) is 0 Å². The van der Waals surface area contributed by atoms with Crippen LogP contribution in [0.5, 0.6) is 0 Å². The van der Waals surface area contributed by atoms with Gasteiger partial charge >= 0.3 is 6.18 Å². The molecule has 1 amide bonds. The minimum atomic E-state index is -4.17. The van der Waals surface area contributed by atoms with Crippen molar-refractivity contribution in [1.82, 2.24) is 9.88 Å². The number of nitrogens with zero attached hydrogens (tertiary/aromatic N) is 1. The van der Waals surface area contributed by atoms with Crippen LogP contribution in [-0.4, -0.2) is 23.2 Å². The molecule has 0 unspecified atom stereocenters. The molecule has 0 saturated heterocycles. The Hall–Kier alpha value is -0.980. The molecule has 1 rings (SSSR count). The Labute approximate surface area is 118 Å². The third kappa shape index (κ3) is 5.67. The van der Waals surface area contributed by atoms with E-state index < -0.39 is 12.6 Å². The first-order valence-corrected chi connectivity index (χ1v) is 6.83. The van der Waals surface area contributed by atoms with Crippen molar-refractivity contribution < 1.29 is 18.0 Å². The molecule has 3 nitrogen and oxygen atoms in total. The predicted molar refractivity (Wildman–Crippen MR) is 70.0 cm³/mol. The number of carbonyl (C=O) groups is 1. The topological polar surface area (TPSA) is 34.0 Å². The molecule has 1 aromatic heterocycles. The fourth-order valence-corrected chi connectivity index (χ4v) is 2.14. The van der Waals surface area contributed by atoms with E-state index in [-0.39, 0.29) is 18.9 Å². The number of hydrogen-bond donors (Lipinski definition) is 1. The van der Waals surface area contributed by atoms with Crippen molar-refractivity contribution in [2.24, 2.45) is 0 Å². The van der Waals surface area contributed by atoms with E-state index in [1.54, 1.807) is 16.8 Å². The lowest BCUT2D eigenvalue weighted by Gasteiger charge is -2.09. The SMILES string of the molecule is CCCn1cc(Br)cc1C(=O)NCCCC(F)(F)F. The van der Waals surface area contributed by atoms with E-state index in [2.05, 4.69) is 21.2 Å². The molecule has 0 fully saturated rings. The average molecular weight is 341 g/mol. The maximum atomic E-state index is 11.9. The van der Waals surface area contributed by atoms with Gasteiger partial charge in [0.25, 0.3) is 5.91 Å². The lowest BCUT2D eigenvalue weighted by Crippen LogP contribution is -2.27. The Morgan fingerprint density at radius 1 is 1.47 bits per heavy atom. The van der Waals surface area contributed by atoms with E-state index in [4.69, 9.17) is 0 Å². The minimum absolute atomic E-state index is 0.0211. The Morgan fingerprint density at radius 2 is 2.16 bits per heavy atom. The van der Waals surface area contributed by atoms with Gasteiger partial charge in [-0.25, -0.2) is 0 Å². The highest BCUT2D eigenvalue weighted by atomic mass is 79.9. The monoisotopic (exact) mass is 340 g/mol. The zero-order valence-electron chi connectivity index (χ0n) is 10.6. The number of carbonyl (C=O) groups excluding carboxylic acids is 1. The summed E-state index contributed by atoms with van der Waals surface area (Å²) in [4.78, 5) is 11.8. The second-order valence-corrected chi connectivity index (χ2v) is 5.13. The molecule has 7 heteroatoms. The quantitative estimate of drug-likeness (QED) is 0.786. The molecule has 0 atom stereocenters. The maximum Gasteiger partial charge on any atom is 0.389 e. The third-order valence-electron chi connectivity index (χ3n) is 2.48. The number of aryl methyl sites for hydroxylation is 1. The Bertz CT molecular complexity index is 429. The molecule has 19 heavy (non-hydrogen) atoms. The van der Waals surface area contributed by atoms with Gasteiger partial charge in [-0.15, -0.1) is 0 Å². The molecule has 0 aliphatic heterocycles. The number of aromatic nitrogens is 1. The highest BCUT2D eigenvalue weighted by Crippen LogP contribution is 2.21. The smallest absolute Gasteiger partial charge is 0.351 e. The van der Waals surface area contributed by atoms with Crippen LogP contribution in [0.2, 0.25) is 0 Å². The molecule has 0 aliphatic rings. The first kappa shape index (κ1) is 16.1. The van der Waals surface area contributed by atoms with Crippen LogP contribution < -0.4 is 5.32 Å². The van der Waals surface area contributed by atoms with E-state index in [1.807, 2.05) is 6.92 Å². The Morgan fingerprint density at radius 3 is 2.74 bits per heavy atom. The molecule has 0 bridgehead atoms. The Kier molecular flexibility index (Phi) is 5.90. The number of hydrogen-bond acceptors (Lipinski definition) is 1. The number of amides is 1. The van der Waals surface area contributed by atoms with Crippen LogP contribution >= 0.6 is 15.9 Å². The molecule has 0 aliphatic carbocycles. The zero-order chi connectivity index (χ0) is 14.5. The van der Waals surface area contributed by atoms with Gasteiger partial charge in [0, 0.05) is 30.2 Å². The molecular weight excluding hydrogens is 325 g/mol. The van der Waals surface area contributed by atoms with Crippen LogP contribution in [-0.2, 0) is 6.54 Å². The summed E-state index contributed by atoms with van der Waals surface area (Å²) >= 11 is 3.28. The largest absolute Gasteiger partial charge is 0.389 e. The van der Waals surface area contributed by atoms with Gasteiger partial charge < -0.3 is 9.88 Å². The molecule has 108 valence electrons. The molecular formula is C12H16BrF3N2O. The normalized spacial score (nSPS) is 11.6. The van der Waals surface area contributed by atoms with Crippen molar-refractivity contribution in [2.75, 3.05) is 6.54 Å². The van der Waals surface area contributed by atoms with Gasteiger partial charge in [0.1, 0.15) is 5.69 Å². The van der Waals surface area contributed by atoms with Gasteiger partial charge in [0.15, 0.2) is 0 Å². The van der Waals surface area contributed by atoms with Crippen molar-refractivity contribution in [3.8, 4) is 0 Å².